The first-order chi connectivity index (χ1) is 7.88. The topological polar surface area (TPSA) is 49.8 Å². The number of anilines is 3. The number of aromatic nitrogens is 2. The van der Waals surface area contributed by atoms with Crippen LogP contribution >= 0.6 is 0 Å². The Bertz CT molecular complexity index is 442. The Hall–Kier alpha value is -2.10. The zero-order chi connectivity index (χ0) is 11.2. The van der Waals surface area contributed by atoms with Gasteiger partial charge < -0.3 is 10.6 Å². The van der Waals surface area contributed by atoms with E-state index in [0.29, 0.717) is 0 Å². The molecule has 0 atom stereocenters. The van der Waals surface area contributed by atoms with Gasteiger partial charge in [0.2, 0.25) is 0 Å². The molecule has 2 rings (SSSR count). The lowest BCUT2D eigenvalue weighted by molar-refractivity contribution is 1.11. The molecule has 2 N–H and O–H groups in total. The third-order valence-corrected chi connectivity index (χ3v) is 2.07. The van der Waals surface area contributed by atoms with Crippen LogP contribution in [0.4, 0.5) is 17.3 Å². The third-order valence-electron chi connectivity index (χ3n) is 2.07. The molecule has 0 aliphatic carbocycles. The molecule has 1 aromatic heterocycles. The van der Waals surface area contributed by atoms with Crippen LogP contribution in [-0.2, 0) is 0 Å². The number of hydrogen-bond acceptors (Lipinski definition) is 4. The predicted octanol–water partition coefficient (Wildman–Crippen LogP) is 2.65. The summed E-state index contributed by atoms with van der Waals surface area (Å²) in [6, 6.07) is 11.8. The van der Waals surface area contributed by atoms with E-state index in [1.54, 1.807) is 6.33 Å². The fraction of sp³-hybridized carbons (Fsp3) is 0.167. The Labute approximate surface area is 94.8 Å². The van der Waals surface area contributed by atoms with Gasteiger partial charge in [-0.15, -0.1) is 0 Å². The van der Waals surface area contributed by atoms with E-state index in [4.69, 9.17) is 0 Å². The smallest absolute Gasteiger partial charge is 0.135 e. The van der Waals surface area contributed by atoms with Gasteiger partial charge in [0.1, 0.15) is 18.0 Å². The highest BCUT2D eigenvalue weighted by molar-refractivity contribution is 5.58. The van der Waals surface area contributed by atoms with Crippen molar-refractivity contribution in [1.29, 1.82) is 0 Å². The molecule has 4 nitrogen and oxygen atoms in total. The van der Waals surface area contributed by atoms with Crippen molar-refractivity contribution >= 4 is 17.3 Å². The molecule has 0 aliphatic heterocycles. The highest BCUT2D eigenvalue weighted by Gasteiger charge is 1.97. The molecule has 0 fully saturated rings. The minimum Gasteiger partial charge on any atom is -0.370 e. The molecule has 0 unspecified atom stereocenters. The zero-order valence-electron chi connectivity index (χ0n) is 9.14. The fourth-order valence-corrected chi connectivity index (χ4v) is 1.37. The Morgan fingerprint density at radius 3 is 2.56 bits per heavy atom. The van der Waals surface area contributed by atoms with Crippen LogP contribution in [0.2, 0.25) is 0 Å². The van der Waals surface area contributed by atoms with Crippen molar-refractivity contribution in [2.45, 2.75) is 6.92 Å². The Balaban J connectivity index is 2.12. The van der Waals surface area contributed by atoms with Gasteiger partial charge in [-0.25, -0.2) is 9.97 Å². The Morgan fingerprint density at radius 2 is 1.81 bits per heavy atom. The van der Waals surface area contributed by atoms with Gasteiger partial charge in [0.25, 0.3) is 0 Å². The molecule has 82 valence electrons. The molecule has 0 radical (unpaired) electrons. The van der Waals surface area contributed by atoms with Crippen LogP contribution in [-0.4, -0.2) is 16.5 Å². The number of para-hydroxylation sites is 1. The molecule has 0 saturated heterocycles. The van der Waals surface area contributed by atoms with Crippen molar-refractivity contribution in [2.24, 2.45) is 0 Å². The number of benzene rings is 1. The van der Waals surface area contributed by atoms with Crippen LogP contribution in [0.25, 0.3) is 0 Å². The van der Waals surface area contributed by atoms with Crippen molar-refractivity contribution in [3.8, 4) is 0 Å². The van der Waals surface area contributed by atoms with Crippen molar-refractivity contribution in [3.63, 3.8) is 0 Å². The van der Waals surface area contributed by atoms with E-state index in [0.717, 1.165) is 23.9 Å². The molecule has 0 bridgehead atoms. The Morgan fingerprint density at radius 1 is 1.06 bits per heavy atom. The highest BCUT2D eigenvalue weighted by atomic mass is 15.1. The van der Waals surface area contributed by atoms with Gasteiger partial charge in [-0.1, -0.05) is 18.2 Å². The molecule has 0 amide bonds. The maximum absolute atomic E-state index is 4.15. The number of hydrogen-bond donors (Lipinski definition) is 2. The lowest BCUT2D eigenvalue weighted by atomic mass is 10.3. The largest absolute Gasteiger partial charge is 0.370 e. The van der Waals surface area contributed by atoms with E-state index in [9.17, 15) is 0 Å². The maximum atomic E-state index is 4.15. The second kappa shape index (κ2) is 5.11. The Kier molecular flexibility index (Phi) is 3.33. The zero-order valence-corrected chi connectivity index (χ0v) is 9.14. The quantitative estimate of drug-likeness (QED) is 0.821. The van der Waals surface area contributed by atoms with Crippen LogP contribution in [0, 0.1) is 0 Å². The first-order valence-electron chi connectivity index (χ1n) is 5.26. The van der Waals surface area contributed by atoms with Gasteiger partial charge in [0, 0.05) is 18.3 Å². The van der Waals surface area contributed by atoms with Crippen LogP contribution < -0.4 is 10.6 Å². The monoisotopic (exact) mass is 214 g/mol. The second-order valence-corrected chi connectivity index (χ2v) is 3.31. The summed E-state index contributed by atoms with van der Waals surface area (Å²) in [5.74, 6) is 1.62. The van der Waals surface area contributed by atoms with Crippen LogP contribution in [0.1, 0.15) is 6.92 Å². The summed E-state index contributed by atoms with van der Waals surface area (Å²) < 4.78 is 0. The molecule has 2 aromatic rings. The molecule has 1 aromatic carbocycles. The first-order valence-corrected chi connectivity index (χ1v) is 5.26. The van der Waals surface area contributed by atoms with Crippen molar-refractivity contribution < 1.29 is 0 Å². The molecule has 0 saturated carbocycles. The SMILES string of the molecule is CCNc1cc(Nc2ccccc2)ncn1. The van der Waals surface area contributed by atoms with Crippen LogP contribution in [0.15, 0.2) is 42.7 Å². The minimum atomic E-state index is 0.789. The summed E-state index contributed by atoms with van der Waals surface area (Å²) in [7, 11) is 0. The average Bonchev–Trinajstić information content (AvgIpc) is 2.31. The van der Waals surface area contributed by atoms with Crippen LogP contribution in [0.5, 0.6) is 0 Å². The summed E-state index contributed by atoms with van der Waals surface area (Å²) in [5, 5.41) is 6.35. The van der Waals surface area contributed by atoms with Crippen molar-refractivity contribution in [1.82, 2.24) is 9.97 Å². The van der Waals surface area contributed by atoms with Crippen molar-refractivity contribution in [3.05, 3.63) is 42.7 Å². The van der Waals surface area contributed by atoms with E-state index in [1.165, 1.54) is 0 Å². The molecule has 0 aliphatic rings. The first kappa shape index (κ1) is 10.4. The highest BCUT2D eigenvalue weighted by Crippen LogP contribution is 2.15. The summed E-state index contributed by atoms with van der Waals surface area (Å²) in [6.45, 7) is 2.88. The van der Waals surface area contributed by atoms with E-state index in [-0.39, 0.29) is 0 Å². The molecular weight excluding hydrogens is 200 g/mol. The van der Waals surface area contributed by atoms with Gasteiger partial charge in [-0.3, -0.25) is 0 Å². The second-order valence-electron chi connectivity index (χ2n) is 3.31. The summed E-state index contributed by atoms with van der Waals surface area (Å²) in [4.78, 5) is 8.26. The molecule has 0 spiro atoms. The van der Waals surface area contributed by atoms with E-state index >= 15 is 0 Å². The normalized spacial score (nSPS) is 9.81. The molecule has 1 heterocycles. The third kappa shape index (κ3) is 2.70. The van der Waals surface area contributed by atoms with E-state index < -0.39 is 0 Å². The molecule has 4 heteroatoms. The number of rotatable bonds is 4. The van der Waals surface area contributed by atoms with E-state index in [1.807, 2.05) is 43.3 Å². The van der Waals surface area contributed by atoms with E-state index in [2.05, 4.69) is 20.6 Å². The standard InChI is InChI=1S/C12H14N4/c1-2-13-11-8-12(15-9-14-11)16-10-6-4-3-5-7-10/h3-9H,2H2,1H3,(H2,13,14,15,16). The van der Waals surface area contributed by atoms with Gasteiger partial charge in [-0.2, -0.15) is 0 Å². The lowest BCUT2D eigenvalue weighted by Crippen LogP contribution is -2.01. The van der Waals surface area contributed by atoms with Crippen LogP contribution in [0.3, 0.4) is 0 Å². The molecular formula is C12H14N4. The summed E-state index contributed by atoms with van der Waals surface area (Å²) in [6.07, 6.45) is 1.54. The van der Waals surface area contributed by atoms with Gasteiger partial charge >= 0.3 is 0 Å². The van der Waals surface area contributed by atoms with Gasteiger partial charge in [0.05, 0.1) is 0 Å². The summed E-state index contributed by atoms with van der Waals surface area (Å²) >= 11 is 0. The predicted molar refractivity (Wildman–Crippen MR) is 65.9 cm³/mol. The lowest BCUT2D eigenvalue weighted by Gasteiger charge is -2.06. The summed E-state index contributed by atoms with van der Waals surface area (Å²) in [5.41, 5.74) is 1.02. The van der Waals surface area contributed by atoms with Gasteiger partial charge in [-0.05, 0) is 19.1 Å². The van der Waals surface area contributed by atoms with Gasteiger partial charge in [0.15, 0.2) is 0 Å². The maximum Gasteiger partial charge on any atom is 0.135 e. The average molecular weight is 214 g/mol. The number of nitrogens with zero attached hydrogens (tertiary/aromatic N) is 2. The van der Waals surface area contributed by atoms with Crippen molar-refractivity contribution in [2.75, 3.05) is 17.2 Å². The fourth-order valence-electron chi connectivity index (χ4n) is 1.37. The minimum absolute atomic E-state index is 0.789. The molecule has 16 heavy (non-hydrogen) atoms. The number of nitrogens with one attached hydrogen (secondary N) is 2.